The first-order valence-corrected chi connectivity index (χ1v) is 6.36. The van der Waals surface area contributed by atoms with Crippen molar-refractivity contribution in [3.05, 3.63) is 0 Å². The van der Waals surface area contributed by atoms with Gasteiger partial charge in [0.15, 0.2) is 6.04 Å². The maximum absolute atomic E-state index is 11.8. The Bertz CT molecular complexity index is 309. The minimum Gasteiger partial charge on any atom is -0.464 e. The first-order valence-electron chi connectivity index (χ1n) is 6.36. The number of hydrogen-bond donors (Lipinski definition) is 2. The van der Waals surface area contributed by atoms with Gasteiger partial charge in [0.05, 0.1) is 6.61 Å². The van der Waals surface area contributed by atoms with Gasteiger partial charge < -0.3 is 20.7 Å². The summed E-state index contributed by atoms with van der Waals surface area (Å²) in [5.41, 5.74) is 5.54. The normalized spacial score (nSPS) is 26.4. The van der Waals surface area contributed by atoms with Crippen molar-refractivity contribution in [2.24, 2.45) is 11.7 Å². The first kappa shape index (κ1) is 14.9. The third-order valence-corrected chi connectivity index (χ3v) is 3.26. The molecule has 104 valence electrons. The number of hydrogen-bond acceptors (Lipinski definition) is 5. The van der Waals surface area contributed by atoms with Crippen LogP contribution in [0.15, 0.2) is 0 Å². The van der Waals surface area contributed by atoms with Gasteiger partial charge >= 0.3 is 5.97 Å². The van der Waals surface area contributed by atoms with Crippen LogP contribution >= 0.6 is 0 Å². The molecule has 18 heavy (non-hydrogen) atoms. The van der Waals surface area contributed by atoms with Crippen LogP contribution in [0.4, 0.5) is 0 Å². The maximum Gasteiger partial charge on any atom is 0.332 e. The van der Waals surface area contributed by atoms with Gasteiger partial charge in [0.1, 0.15) is 0 Å². The number of esters is 1. The second-order valence-corrected chi connectivity index (χ2v) is 4.87. The van der Waals surface area contributed by atoms with Crippen LogP contribution in [0.25, 0.3) is 0 Å². The van der Waals surface area contributed by atoms with Crippen molar-refractivity contribution in [1.29, 1.82) is 0 Å². The van der Waals surface area contributed by atoms with Crippen molar-refractivity contribution in [2.75, 3.05) is 26.7 Å². The highest BCUT2D eigenvalue weighted by Crippen LogP contribution is 2.15. The lowest BCUT2D eigenvalue weighted by atomic mass is 9.94. The second kappa shape index (κ2) is 6.70. The fourth-order valence-corrected chi connectivity index (χ4v) is 2.18. The summed E-state index contributed by atoms with van der Waals surface area (Å²) >= 11 is 0. The fourth-order valence-electron chi connectivity index (χ4n) is 2.18. The first-order chi connectivity index (χ1) is 8.45. The van der Waals surface area contributed by atoms with Crippen molar-refractivity contribution in [1.82, 2.24) is 10.2 Å². The highest BCUT2D eigenvalue weighted by molar-refractivity contribution is 6.01. The summed E-state index contributed by atoms with van der Waals surface area (Å²) in [6.07, 6.45) is 0.874. The molecule has 1 aliphatic rings. The molecule has 1 aliphatic heterocycles. The molecule has 0 saturated carbocycles. The van der Waals surface area contributed by atoms with Crippen molar-refractivity contribution in [2.45, 2.75) is 32.4 Å². The summed E-state index contributed by atoms with van der Waals surface area (Å²) in [6, 6.07) is -1.15. The summed E-state index contributed by atoms with van der Waals surface area (Å²) in [7, 11) is 2.05. The molecule has 3 unspecified atom stereocenters. The van der Waals surface area contributed by atoms with Crippen LogP contribution < -0.4 is 11.1 Å². The average Bonchev–Trinajstić information content (AvgIpc) is 2.32. The zero-order valence-corrected chi connectivity index (χ0v) is 11.3. The zero-order valence-electron chi connectivity index (χ0n) is 11.3. The van der Waals surface area contributed by atoms with E-state index in [1.807, 2.05) is 0 Å². The van der Waals surface area contributed by atoms with Gasteiger partial charge in [-0.3, -0.25) is 4.79 Å². The third-order valence-electron chi connectivity index (χ3n) is 3.26. The Hall–Kier alpha value is -1.14. The molecule has 0 aromatic rings. The molecule has 3 atom stereocenters. The van der Waals surface area contributed by atoms with Crippen molar-refractivity contribution in [3.8, 4) is 0 Å². The van der Waals surface area contributed by atoms with Gasteiger partial charge in [-0.15, -0.1) is 0 Å². The maximum atomic E-state index is 11.8. The predicted molar refractivity (Wildman–Crippen MR) is 67.8 cm³/mol. The molecule has 0 aromatic carbocycles. The third kappa shape index (κ3) is 3.96. The number of nitrogens with zero attached hydrogens (tertiary/aromatic N) is 1. The predicted octanol–water partition coefficient (Wildman–Crippen LogP) is -0.667. The molecule has 0 bridgehead atoms. The largest absolute Gasteiger partial charge is 0.464 e. The number of carbonyl (C=O) groups is 2. The van der Waals surface area contributed by atoms with Gasteiger partial charge in [0, 0.05) is 12.6 Å². The van der Waals surface area contributed by atoms with E-state index in [4.69, 9.17) is 10.5 Å². The van der Waals surface area contributed by atoms with Crippen LogP contribution in [-0.4, -0.2) is 55.6 Å². The lowest BCUT2D eigenvalue weighted by Gasteiger charge is -2.35. The van der Waals surface area contributed by atoms with Crippen LogP contribution in [0.2, 0.25) is 0 Å². The Balaban J connectivity index is 2.46. The van der Waals surface area contributed by atoms with Crippen LogP contribution in [0, 0.1) is 5.92 Å². The zero-order chi connectivity index (χ0) is 13.7. The summed E-state index contributed by atoms with van der Waals surface area (Å²) in [4.78, 5) is 25.4. The number of piperidine rings is 1. The lowest BCUT2D eigenvalue weighted by Crippen LogP contribution is -2.54. The van der Waals surface area contributed by atoms with Gasteiger partial charge in [0.2, 0.25) is 5.91 Å². The Kier molecular flexibility index (Phi) is 5.55. The van der Waals surface area contributed by atoms with Gasteiger partial charge in [-0.1, -0.05) is 6.92 Å². The number of rotatable bonds is 4. The fraction of sp³-hybridized carbons (Fsp3) is 0.833. The quantitative estimate of drug-likeness (QED) is 0.515. The minimum absolute atomic E-state index is 0.0779. The van der Waals surface area contributed by atoms with E-state index in [9.17, 15) is 9.59 Å². The second-order valence-electron chi connectivity index (χ2n) is 4.87. The molecular formula is C12H23N3O3. The number of amides is 1. The average molecular weight is 257 g/mol. The van der Waals surface area contributed by atoms with Crippen LogP contribution in [0.5, 0.6) is 0 Å². The smallest absolute Gasteiger partial charge is 0.332 e. The minimum atomic E-state index is -1.23. The standard InChI is InChI=1S/C12H23N3O3/c1-4-18-12(17)10(13)11(16)14-9-5-6-15(3)7-8(9)2/h8-10H,4-7,13H2,1-3H3,(H,14,16). The summed E-state index contributed by atoms with van der Waals surface area (Å²) in [6.45, 7) is 5.85. The van der Waals surface area contributed by atoms with E-state index in [0.29, 0.717) is 5.92 Å². The van der Waals surface area contributed by atoms with Gasteiger partial charge in [0.25, 0.3) is 0 Å². The molecule has 1 saturated heterocycles. The Labute approximate surface area is 108 Å². The summed E-state index contributed by atoms with van der Waals surface area (Å²) in [5.74, 6) is -0.771. The van der Waals surface area contributed by atoms with Crippen molar-refractivity contribution < 1.29 is 14.3 Å². The molecule has 0 aromatic heterocycles. The lowest BCUT2D eigenvalue weighted by molar-refractivity contribution is -0.148. The number of likely N-dealkylation sites (tertiary alicyclic amines) is 1. The molecule has 1 fully saturated rings. The summed E-state index contributed by atoms with van der Waals surface area (Å²) in [5, 5.41) is 2.84. The van der Waals surface area contributed by atoms with Crippen molar-refractivity contribution >= 4 is 11.9 Å². The van der Waals surface area contributed by atoms with Gasteiger partial charge in [-0.2, -0.15) is 0 Å². The van der Waals surface area contributed by atoms with E-state index in [1.54, 1.807) is 6.92 Å². The highest BCUT2D eigenvalue weighted by atomic mass is 16.5. The number of nitrogens with two attached hydrogens (primary N) is 1. The molecule has 3 N–H and O–H groups in total. The molecular weight excluding hydrogens is 234 g/mol. The Morgan fingerprint density at radius 2 is 2.22 bits per heavy atom. The highest BCUT2D eigenvalue weighted by Gasteiger charge is 2.30. The molecule has 6 heteroatoms. The molecule has 0 spiro atoms. The molecule has 1 rings (SSSR count). The van der Waals surface area contributed by atoms with Crippen molar-refractivity contribution in [3.63, 3.8) is 0 Å². The molecule has 1 heterocycles. The summed E-state index contributed by atoms with van der Waals surface area (Å²) < 4.78 is 4.72. The molecule has 1 amide bonds. The van der Waals surface area contributed by atoms with Crippen LogP contribution in [-0.2, 0) is 14.3 Å². The molecule has 6 nitrogen and oxygen atoms in total. The SMILES string of the molecule is CCOC(=O)C(N)C(=O)NC1CCN(C)CC1C. The van der Waals surface area contributed by atoms with Gasteiger partial charge in [-0.25, -0.2) is 4.79 Å². The van der Waals surface area contributed by atoms with E-state index in [-0.39, 0.29) is 12.6 Å². The topological polar surface area (TPSA) is 84.7 Å². The number of nitrogens with one attached hydrogen (secondary N) is 1. The molecule has 0 aliphatic carbocycles. The van der Waals surface area contributed by atoms with E-state index in [1.165, 1.54) is 0 Å². The van der Waals surface area contributed by atoms with Crippen LogP contribution in [0.1, 0.15) is 20.3 Å². The Morgan fingerprint density at radius 3 is 2.78 bits per heavy atom. The Morgan fingerprint density at radius 1 is 1.56 bits per heavy atom. The molecule has 0 radical (unpaired) electrons. The van der Waals surface area contributed by atoms with E-state index in [0.717, 1.165) is 19.5 Å². The number of ether oxygens (including phenoxy) is 1. The van der Waals surface area contributed by atoms with E-state index < -0.39 is 17.9 Å². The van der Waals surface area contributed by atoms with E-state index in [2.05, 4.69) is 24.2 Å². The van der Waals surface area contributed by atoms with Gasteiger partial charge in [-0.05, 0) is 32.9 Å². The van der Waals surface area contributed by atoms with E-state index >= 15 is 0 Å². The monoisotopic (exact) mass is 257 g/mol. The number of carbonyl (C=O) groups excluding carboxylic acids is 2. The van der Waals surface area contributed by atoms with Crippen LogP contribution in [0.3, 0.4) is 0 Å².